The fraction of sp³-hybridized carbons (Fsp3) is 0.238. The SMILES string of the molecule is CNC(=O)[C@@H]1C[C@@H]1c1ccc2c(-c3ccccc3C)cc(=O)oc2c1. The third-order valence-electron chi connectivity index (χ3n) is 5.01. The molecule has 2 aromatic carbocycles. The average molecular weight is 333 g/mol. The highest BCUT2D eigenvalue weighted by Gasteiger charge is 2.43. The van der Waals surface area contributed by atoms with E-state index in [1.807, 2.05) is 49.4 Å². The fourth-order valence-electron chi connectivity index (χ4n) is 3.55. The van der Waals surface area contributed by atoms with E-state index >= 15 is 0 Å². The molecule has 0 unspecified atom stereocenters. The quantitative estimate of drug-likeness (QED) is 0.745. The highest BCUT2D eigenvalue weighted by atomic mass is 16.4. The first-order valence-electron chi connectivity index (χ1n) is 8.44. The number of hydrogen-bond donors (Lipinski definition) is 1. The summed E-state index contributed by atoms with van der Waals surface area (Å²) >= 11 is 0. The van der Waals surface area contributed by atoms with E-state index in [0.717, 1.165) is 34.1 Å². The van der Waals surface area contributed by atoms with Crippen LogP contribution in [-0.2, 0) is 4.79 Å². The minimum absolute atomic E-state index is 0.0220. The number of benzene rings is 2. The Kier molecular flexibility index (Phi) is 3.68. The molecule has 0 spiro atoms. The van der Waals surface area contributed by atoms with E-state index in [2.05, 4.69) is 5.32 Å². The summed E-state index contributed by atoms with van der Waals surface area (Å²) in [5.41, 5.74) is 4.29. The normalized spacial score (nSPS) is 19.0. The Hall–Kier alpha value is -2.88. The van der Waals surface area contributed by atoms with Gasteiger partial charge in [-0.3, -0.25) is 4.79 Å². The highest BCUT2D eigenvalue weighted by molar-refractivity contribution is 5.94. The molecule has 0 aliphatic heterocycles. The monoisotopic (exact) mass is 333 g/mol. The van der Waals surface area contributed by atoms with Crippen molar-refractivity contribution in [2.24, 2.45) is 5.92 Å². The van der Waals surface area contributed by atoms with Gasteiger partial charge in [-0.25, -0.2) is 4.79 Å². The van der Waals surface area contributed by atoms with Crippen molar-refractivity contribution in [2.45, 2.75) is 19.3 Å². The van der Waals surface area contributed by atoms with Gasteiger partial charge in [0.1, 0.15) is 5.58 Å². The smallest absolute Gasteiger partial charge is 0.336 e. The topological polar surface area (TPSA) is 59.3 Å². The van der Waals surface area contributed by atoms with Crippen LogP contribution in [0, 0.1) is 12.8 Å². The molecule has 4 nitrogen and oxygen atoms in total. The van der Waals surface area contributed by atoms with Crippen LogP contribution >= 0.6 is 0 Å². The van der Waals surface area contributed by atoms with Gasteiger partial charge in [0.15, 0.2) is 0 Å². The average Bonchev–Trinajstić information content (AvgIpc) is 3.41. The number of amides is 1. The molecule has 1 amide bonds. The number of rotatable bonds is 3. The molecule has 0 saturated heterocycles. The Labute approximate surface area is 145 Å². The molecular formula is C21H19NO3. The third kappa shape index (κ3) is 2.74. The van der Waals surface area contributed by atoms with Gasteiger partial charge in [-0.1, -0.05) is 36.4 Å². The van der Waals surface area contributed by atoms with Crippen LogP contribution in [0.3, 0.4) is 0 Å². The lowest BCUT2D eigenvalue weighted by Crippen LogP contribution is -2.20. The predicted octanol–water partition coefficient (Wildman–Crippen LogP) is 3.62. The van der Waals surface area contributed by atoms with Crippen molar-refractivity contribution >= 4 is 16.9 Å². The van der Waals surface area contributed by atoms with Crippen molar-refractivity contribution in [3.05, 3.63) is 70.1 Å². The molecule has 3 aromatic rings. The van der Waals surface area contributed by atoms with E-state index in [4.69, 9.17) is 4.42 Å². The molecule has 1 heterocycles. The van der Waals surface area contributed by atoms with Gasteiger partial charge in [0.05, 0.1) is 0 Å². The van der Waals surface area contributed by atoms with Gasteiger partial charge >= 0.3 is 5.63 Å². The summed E-state index contributed by atoms with van der Waals surface area (Å²) in [6.45, 7) is 2.03. The standard InChI is InChI=1S/C21H19NO3/c1-12-5-3-4-6-14(12)17-11-20(23)25-19-9-13(7-8-15(17)19)16-10-18(16)21(24)22-2/h3-9,11,16,18H,10H2,1-2H3,(H,22,24)/t16-,18-/m1/s1. The van der Waals surface area contributed by atoms with Crippen molar-refractivity contribution in [3.8, 4) is 11.1 Å². The van der Waals surface area contributed by atoms with E-state index in [1.54, 1.807) is 13.1 Å². The second kappa shape index (κ2) is 5.88. The summed E-state index contributed by atoms with van der Waals surface area (Å²) in [4.78, 5) is 23.8. The van der Waals surface area contributed by atoms with Crippen LogP contribution in [0.15, 0.2) is 57.7 Å². The molecule has 0 radical (unpaired) electrons. The number of fused-ring (bicyclic) bond motifs is 1. The Bertz CT molecular complexity index is 1030. The molecule has 1 aliphatic carbocycles. The van der Waals surface area contributed by atoms with Crippen LogP contribution in [0.25, 0.3) is 22.1 Å². The Morgan fingerprint density at radius 1 is 1.12 bits per heavy atom. The van der Waals surface area contributed by atoms with Crippen LogP contribution < -0.4 is 10.9 Å². The minimum Gasteiger partial charge on any atom is -0.423 e. The molecule has 126 valence electrons. The molecule has 0 bridgehead atoms. The zero-order chi connectivity index (χ0) is 17.6. The second-order valence-corrected chi connectivity index (χ2v) is 6.61. The lowest BCUT2D eigenvalue weighted by atomic mass is 9.96. The van der Waals surface area contributed by atoms with Crippen LogP contribution in [0.1, 0.15) is 23.5 Å². The van der Waals surface area contributed by atoms with Gasteiger partial charge in [-0.2, -0.15) is 0 Å². The number of carbonyl (C=O) groups excluding carboxylic acids is 1. The zero-order valence-corrected chi connectivity index (χ0v) is 14.2. The molecule has 4 rings (SSSR count). The van der Waals surface area contributed by atoms with E-state index < -0.39 is 0 Å². The fourth-order valence-corrected chi connectivity index (χ4v) is 3.55. The van der Waals surface area contributed by atoms with Gasteiger partial charge in [-0.15, -0.1) is 0 Å². The molecule has 4 heteroatoms. The second-order valence-electron chi connectivity index (χ2n) is 6.61. The first-order chi connectivity index (χ1) is 12.1. The molecule has 25 heavy (non-hydrogen) atoms. The molecular weight excluding hydrogens is 314 g/mol. The first kappa shape index (κ1) is 15.6. The van der Waals surface area contributed by atoms with Gasteiger partial charge < -0.3 is 9.73 Å². The Morgan fingerprint density at radius 2 is 1.92 bits per heavy atom. The highest BCUT2D eigenvalue weighted by Crippen LogP contribution is 2.48. The summed E-state index contributed by atoms with van der Waals surface area (Å²) in [6, 6.07) is 15.5. The van der Waals surface area contributed by atoms with Crippen LogP contribution in [0.2, 0.25) is 0 Å². The van der Waals surface area contributed by atoms with Gasteiger partial charge in [0.2, 0.25) is 5.91 Å². The summed E-state index contributed by atoms with van der Waals surface area (Å²) in [5.74, 6) is 0.297. The van der Waals surface area contributed by atoms with E-state index in [-0.39, 0.29) is 23.4 Å². The number of carbonyl (C=O) groups is 1. The van der Waals surface area contributed by atoms with Gasteiger partial charge in [0.25, 0.3) is 0 Å². The van der Waals surface area contributed by atoms with Crippen molar-refractivity contribution in [1.29, 1.82) is 0 Å². The Morgan fingerprint density at radius 3 is 2.68 bits per heavy atom. The minimum atomic E-state index is -0.360. The van der Waals surface area contributed by atoms with Crippen LogP contribution in [-0.4, -0.2) is 13.0 Å². The predicted molar refractivity (Wildman–Crippen MR) is 97.6 cm³/mol. The Balaban J connectivity index is 1.82. The maximum atomic E-state index is 12.1. The number of hydrogen-bond acceptors (Lipinski definition) is 3. The van der Waals surface area contributed by atoms with Crippen LogP contribution in [0.4, 0.5) is 0 Å². The molecule has 1 aromatic heterocycles. The summed E-state index contributed by atoms with van der Waals surface area (Å²) in [7, 11) is 1.66. The van der Waals surface area contributed by atoms with Crippen molar-refractivity contribution in [3.63, 3.8) is 0 Å². The lowest BCUT2D eigenvalue weighted by molar-refractivity contribution is -0.121. The maximum Gasteiger partial charge on any atom is 0.336 e. The first-order valence-corrected chi connectivity index (χ1v) is 8.44. The number of aryl methyl sites for hydroxylation is 1. The lowest BCUT2D eigenvalue weighted by Gasteiger charge is -2.10. The van der Waals surface area contributed by atoms with Crippen LogP contribution in [0.5, 0.6) is 0 Å². The third-order valence-corrected chi connectivity index (χ3v) is 5.01. The number of nitrogens with one attached hydrogen (secondary N) is 1. The maximum absolute atomic E-state index is 12.1. The van der Waals surface area contributed by atoms with Gasteiger partial charge in [0, 0.05) is 30.0 Å². The van der Waals surface area contributed by atoms with Crippen molar-refractivity contribution in [2.75, 3.05) is 7.05 Å². The van der Waals surface area contributed by atoms with Crippen molar-refractivity contribution < 1.29 is 9.21 Å². The molecule has 1 aliphatic rings. The molecule has 1 fully saturated rings. The summed E-state index contributed by atoms with van der Waals surface area (Å²) in [5, 5.41) is 3.61. The zero-order valence-electron chi connectivity index (χ0n) is 14.2. The molecule has 1 N–H and O–H groups in total. The van der Waals surface area contributed by atoms with Crippen molar-refractivity contribution in [1.82, 2.24) is 5.32 Å². The van der Waals surface area contributed by atoms with Gasteiger partial charge in [-0.05, 0) is 42.0 Å². The van der Waals surface area contributed by atoms with E-state index in [1.165, 1.54) is 0 Å². The van der Waals surface area contributed by atoms with E-state index in [9.17, 15) is 9.59 Å². The molecule has 1 saturated carbocycles. The summed E-state index contributed by atoms with van der Waals surface area (Å²) < 4.78 is 5.45. The largest absolute Gasteiger partial charge is 0.423 e. The van der Waals surface area contributed by atoms with E-state index in [0.29, 0.717) is 5.58 Å². The summed E-state index contributed by atoms with van der Waals surface area (Å²) in [6.07, 6.45) is 0.840. The molecule has 2 atom stereocenters.